The summed E-state index contributed by atoms with van der Waals surface area (Å²) < 4.78 is 15.8. The molecule has 0 aliphatic carbocycles. The number of carbonyl (C=O) groups excluding carboxylic acids is 4. The van der Waals surface area contributed by atoms with Crippen LogP contribution in [-0.2, 0) is 39.9 Å². The van der Waals surface area contributed by atoms with Gasteiger partial charge in [0.15, 0.2) is 0 Å². The van der Waals surface area contributed by atoms with Gasteiger partial charge in [0.1, 0.15) is 25.3 Å². The number of amides is 4. The van der Waals surface area contributed by atoms with Crippen LogP contribution >= 0.6 is 11.3 Å². The number of β-amino-alcohol motifs (C(OH)–C–C–N with tert-alkyl or cyclic N) is 1. The Morgan fingerprint density at radius 1 is 1.02 bits per heavy atom. The maximum absolute atomic E-state index is 13.7. The molecule has 0 unspecified atom stereocenters. The van der Waals surface area contributed by atoms with E-state index >= 15 is 0 Å². The molecule has 2 aromatic rings. The SMILES string of the molecule is Cc1ncsc1-c1ccc(CNC(=O)[C@@H]2C[C@@H](O)CN2C(=O)[C@@H](NC(=O)COCCOCCNC(=O)COCCN)C(C)(C)C)cc1. The molecule has 4 amide bonds. The predicted octanol–water partition coefficient (Wildman–Crippen LogP) is 0.352. The van der Waals surface area contributed by atoms with Gasteiger partial charge in [-0.2, -0.15) is 0 Å². The standard InChI is InChI=1S/C32H48N6O8S/c1-21-28(47-20-36-21)23-7-5-22(6-8-23)16-35-30(42)25-15-24(39)17-38(25)31(43)29(32(2,3)4)37-27(41)19-46-14-13-44-12-10-34-26(40)18-45-11-9-33/h5-8,20,24-25,29,39H,9-19,33H2,1-4H3,(H,34,40)(H,35,42)(H,37,41)/t24-,25+,29-/m1/s1. The van der Waals surface area contributed by atoms with E-state index in [9.17, 15) is 24.3 Å². The number of aromatic nitrogens is 1. The molecule has 0 spiro atoms. The Labute approximate surface area is 279 Å². The van der Waals surface area contributed by atoms with Crippen LogP contribution in [0.2, 0.25) is 0 Å². The zero-order chi connectivity index (χ0) is 34.4. The first-order valence-electron chi connectivity index (χ1n) is 15.7. The number of likely N-dealkylation sites (tertiary alicyclic amines) is 1. The van der Waals surface area contributed by atoms with Crippen molar-refractivity contribution in [2.45, 2.75) is 58.8 Å². The van der Waals surface area contributed by atoms with Crippen LogP contribution in [0.3, 0.4) is 0 Å². The Morgan fingerprint density at radius 2 is 1.70 bits per heavy atom. The fraction of sp³-hybridized carbons (Fsp3) is 0.594. The van der Waals surface area contributed by atoms with Crippen molar-refractivity contribution in [2.75, 3.05) is 59.3 Å². The van der Waals surface area contributed by atoms with E-state index in [0.717, 1.165) is 21.7 Å². The van der Waals surface area contributed by atoms with Crippen molar-refractivity contribution in [2.24, 2.45) is 11.1 Å². The van der Waals surface area contributed by atoms with Crippen LogP contribution in [0.15, 0.2) is 29.8 Å². The van der Waals surface area contributed by atoms with Gasteiger partial charge in [0, 0.05) is 32.6 Å². The van der Waals surface area contributed by atoms with E-state index in [2.05, 4.69) is 20.9 Å². The summed E-state index contributed by atoms with van der Waals surface area (Å²) in [6.45, 7) is 8.81. The van der Waals surface area contributed by atoms with E-state index in [0.29, 0.717) is 19.7 Å². The lowest BCUT2D eigenvalue weighted by molar-refractivity contribution is -0.144. The number of carbonyl (C=O) groups is 4. The lowest BCUT2D eigenvalue weighted by atomic mass is 9.85. The molecule has 47 heavy (non-hydrogen) atoms. The molecule has 15 heteroatoms. The average Bonchev–Trinajstić information content (AvgIpc) is 3.64. The maximum atomic E-state index is 13.7. The van der Waals surface area contributed by atoms with Gasteiger partial charge in [-0.3, -0.25) is 19.2 Å². The van der Waals surface area contributed by atoms with Crippen molar-refractivity contribution in [1.82, 2.24) is 25.8 Å². The van der Waals surface area contributed by atoms with Crippen LogP contribution in [-0.4, -0.2) is 116 Å². The summed E-state index contributed by atoms with van der Waals surface area (Å²) >= 11 is 1.57. The Bertz CT molecular complexity index is 1320. The molecule has 1 aromatic carbocycles. The predicted molar refractivity (Wildman–Crippen MR) is 176 cm³/mol. The summed E-state index contributed by atoms with van der Waals surface area (Å²) in [5.41, 5.74) is 9.32. The van der Waals surface area contributed by atoms with Crippen molar-refractivity contribution >= 4 is 35.0 Å². The van der Waals surface area contributed by atoms with Crippen LogP contribution in [0.1, 0.15) is 38.4 Å². The minimum atomic E-state index is -0.962. The van der Waals surface area contributed by atoms with Crippen molar-refractivity contribution in [3.63, 3.8) is 0 Å². The first-order valence-corrected chi connectivity index (χ1v) is 16.5. The van der Waals surface area contributed by atoms with Crippen molar-refractivity contribution in [1.29, 1.82) is 0 Å². The maximum Gasteiger partial charge on any atom is 0.246 e. The summed E-state index contributed by atoms with van der Waals surface area (Å²) in [6.07, 6.45) is -0.769. The highest BCUT2D eigenvalue weighted by Gasteiger charge is 2.44. The van der Waals surface area contributed by atoms with Crippen LogP contribution in [0.4, 0.5) is 0 Å². The van der Waals surface area contributed by atoms with E-state index < -0.39 is 35.4 Å². The Kier molecular flexibility index (Phi) is 15.2. The number of nitrogens with one attached hydrogen (secondary N) is 3. The third-order valence-corrected chi connectivity index (χ3v) is 8.36. The monoisotopic (exact) mass is 676 g/mol. The molecule has 260 valence electrons. The fourth-order valence-electron chi connectivity index (χ4n) is 4.93. The molecule has 2 heterocycles. The molecule has 6 N–H and O–H groups in total. The molecule has 0 saturated carbocycles. The summed E-state index contributed by atoms with van der Waals surface area (Å²) in [5.74, 6) is -1.59. The number of hydrogen-bond acceptors (Lipinski definition) is 11. The summed E-state index contributed by atoms with van der Waals surface area (Å²) in [7, 11) is 0. The van der Waals surface area contributed by atoms with E-state index in [-0.39, 0.29) is 64.4 Å². The van der Waals surface area contributed by atoms with E-state index in [1.807, 2.05) is 52.0 Å². The molecule has 1 aromatic heterocycles. The molecule has 1 aliphatic heterocycles. The lowest BCUT2D eigenvalue weighted by Crippen LogP contribution is -2.58. The molecule has 1 fully saturated rings. The Hall–Kier alpha value is -3.47. The number of ether oxygens (including phenoxy) is 3. The number of aryl methyl sites for hydroxylation is 1. The molecule has 1 aliphatic rings. The first-order chi connectivity index (χ1) is 22.4. The highest BCUT2D eigenvalue weighted by molar-refractivity contribution is 7.13. The number of rotatable bonds is 18. The number of nitrogens with zero attached hydrogens (tertiary/aromatic N) is 2. The lowest BCUT2D eigenvalue weighted by Gasteiger charge is -2.35. The van der Waals surface area contributed by atoms with Crippen molar-refractivity contribution in [3.05, 3.63) is 41.0 Å². The third kappa shape index (κ3) is 12.2. The fourth-order valence-corrected chi connectivity index (χ4v) is 5.74. The van der Waals surface area contributed by atoms with Gasteiger partial charge < -0.3 is 45.9 Å². The summed E-state index contributed by atoms with van der Waals surface area (Å²) in [5, 5.41) is 18.7. The highest BCUT2D eigenvalue weighted by atomic mass is 32.1. The zero-order valence-corrected chi connectivity index (χ0v) is 28.4. The third-order valence-electron chi connectivity index (χ3n) is 7.38. The van der Waals surface area contributed by atoms with Gasteiger partial charge in [-0.05, 0) is 23.5 Å². The quantitative estimate of drug-likeness (QED) is 0.138. The second-order valence-electron chi connectivity index (χ2n) is 12.3. The second-order valence-corrected chi connectivity index (χ2v) is 13.2. The van der Waals surface area contributed by atoms with E-state index in [4.69, 9.17) is 19.9 Å². The Balaban J connectivity index is 1.45. The molecule has 3 atom stereocenters. The molecular formula is C32H48N6O8S. The van der Waals surface area contributed by atoms with Gasteiger partial charge in [-0.25, -0.2) is 4.98 Å². The highest BCUT2D eigenvalue weighted by Crippen LogP contribution is 2.28. The van der Waals surface area contributed by atoms with Gasteiger partial charge in [0.2, 0.25) is 23.6 Å². The van der Waals surface area contributed by atoms with Gasteiger partial charge in [-0.1, -0.05) is 45.0 Å². The number of thiazole rings is 1. The largest absolute Gasteiger partial charge is 0.391 e. The van der Waals surface area contributed by atoms with Gasteiger partial charge in [0.25, 0.3) is 0 Å². The smallest absolute Gasteiger partial charge is 0.246 e. The normalized spacial score (nSPS) is 16.9. The molecule has 14 nitrogen and oxygen atoms in total. The van der Waals surface area contributed by atoms with Crippen LogP contribution < -0.4 is 21.7 Å². The Morgan fingerprint density at radius 3 is 2.36 bits per heavy atom. The summed E-state index contributed by atoms with van der Waals surface area (Å²) in [6, 6.07) is 5.99. The van der Waals surface area contributed by atoms with Crippen molar-refractivity contribution < 1.29 is 38.5 Å². The molecule has 0 bridgehead atoms. The minimum Gasteiger partial charge on any atom is -0.391 e. The van der Waals surface area contributed by atoms with Gasteiger partial charge in [0.05, 0.1) is 48.6 Å². The van der Waals surface area contributed by atoms with Crippen molar-refractivity contribution in [3.8, 4) is 10.4 Å². The van der Waals surface area contributed by atoms with E-state index in [1.54, 1.807) is 16.8 Å². The molecule has 3 rings (SSSR count). The van der Waals surface area contributed by atoms with E-state index in [1.165, 1.54) is 4.90 Å². The summed E-state index contributed by atoms with van der Waals surface area (Å²) in [4.78, 5) is 58.0. The molecule has 0 radical (unpaired) electrons. The zero-order valence-electron chi connectivity index (χ0n) is 27.6. The second kappa shape index (κ2) is 18.8. The van der Waals surface area contributed by atoms with Crippen LogP contribution in [0.5, 0.6) is 0 Å². The van der Waals surface area contributed by atoms with Crippen LogP contribution in [0.25, 0.3) is 10.4 Å². The number of hydrogen-bond donors (Lipinski definition) is 5. The number of nitrogens with two attached hydrogens (primary N) is 1. The number of aliphatic hydroxyl groups is 1. The molecule has 1 saturated heterocycles. The number of aliphatic hydroxyl groups excluding tert-OH is 1. The van der Waals surface area contributed by atoms with Gasteiger partial charge >= 0.3 is 0 Å². The van der Waals surface area contributed by atoms with Gasteiger partial charge in [-0.15, -0.1) is 11.3 Å². The van der Waals surface area contributed by atoms with Crippen LogP contribution in [0, 0.1) is 12.3 Å². The first kappa shape index (κ1) is 38.0. The minimum absolute atomic E-state index is 0.0166. The molecular weight excluding hydrogens is 628 g/mol. The average molecular weight is 677 g/mol. The topological polar surface area (TPSA) is 194 Å². The number of benzene rings is 1.